The summed E-state index contributed by atoms with van der Waals surface area (Å²) in [7, 11) is 2.54. The van der Waals surface area contributed by atoms with E-state index in [1.54, 1.807) is 0 Å². The summed E-state index contributed by atoms with van der Waals surface area (Å²) in [5.74, 6) is -3.82. The Morgan fingerprint density at radius 3 is 2.16 bits per heavy atom. The van der Waals surface area contributed by atoms with E-state index in [-0.39, 0.29) is 11.1 Å². The second-order valence-electron chi connectivity index (χ2n) is 3.91. The van der Waals surface area contributed by atoms with Gasteiger partial charge in [0.25, 0.3) is 16.5 Å². The van der Waals surface area contributed by atoms with Crippen LogP contribution in [0.2, 0.25) is 0 Å². The van der Waals surface area contributed by atoms with Crippen molar-refractivity contribution in [1.82, 2.24) is 0 Å². The van der Waals surface area contributed by atoms with Crippen LogP contribution in [0.3, 0.4) is 0 Å². The van der Waals surface area contributed by atoms with Crippen LogP contribution in [0.25, 0.3) is 11.1 Å². The van der Waals surface area contributed by atoms with E-state index in [1.165, 1.54) is 30.3 Å². The topological polar surface area (TPSA) is 49.7 Å². The molecule has 0 spiro atoms. The van der Waals surface area contributed by atoms with Gasteiger partial charge in [-0.25, -0.2) is 8.78 Å². The maximum atomic E-state index is 13.6. The molecule has 0 aliphatic rings. The standard InChI is InChI=1S/C13H9F2O3Si/c14-10-5-6-11(12(15)7-10)8-1-3-9(4-2-8)13(16,17)18-19/h1-7,16-17H. The summed E-state index contributed by atoms with van der Waals surface area (Å²) < 4.78 is 30.7. The predicted octanol–water partition coefficient (Wildman–Crippen LogP) is 1.83. The first-order valence-electron chi connectivity index (χ1n) is 5.29. The van der Waals surface area contributed by atoms with Gasteiger partial charge in [-0.05, 0) is 17.7 Å². The molecule has 2 aromatic carbocycles. The minimum Gasteiger partial charge on any atom is -0.367 e. The molecule has 0 saturated carbocycles. The summed E-state index contributed by atoms with van der Waals surface area (Å²) in [5.41, 5.74) is 0.758. The van der Waals surface area contributed by atoms with Gasteiger partial charge in [0.2, 0.25) is 0 Å². The number of aliphatic hydroxyl groups is 2. The lowest BCUT2D eigenvalue weighted by molar-refractivity contribution is -0.303. The van der Waals surface area contributed by atoms with Gasteiger partial charge in [-0.2, -0.15) is 0 Å². The fourth-order valence-electron chi connectivity index (χ4n) is 1.65. The van der Waals surface area contributed by atoms with Gasteiger partial charge in [-0.1, -0.05) is 24.3 Å². The molecule has 0 fully saturated rings. The van der Waals surface area contributed by atoms with E-state index in [1.807, 2.05) is 0 Å². The summed E-state index contributed by atoms with van der Waals surface area (Å²) in [4.78, 5) is 0. The largest absolute Gasteiger partial charge is 0.367 e. The Morgan fingerprint density at radius 2 is 1.63 bits per heavy atom. The van der Waals surface area contributed by atoms with Gasteiger partial charge in [0, 0.05) is 17.2 Å². The van der Waals surface area contributed by atoms with Gasteiger partial charge in [0.1, 0.15) is 11.6 Å². The molecule has 19 heavy (non-hydrogen) atoms. The van der Waals surface area contributed by atoms with Crippen molar-refractivity contribution in [2.45, 2.75) is 5.97 Å². The molecule has 0 aliphatic carbocycles. The van der Waals surface area contributed by atoms with E-state index in [2.05, 4.69) is 14.9 Å². The Kier molecular flexibility index (Phi) is 3.77. The number of halogens is 2. The maximum absolute atomic E-state index is 13.6. The van der Waals surface area contributed by atoms with Crippen molar-refractivity contribution in [1.29, 1.82) is 0 Å². The van der Waals surface area contributed by atoms with Crippen molar-refractivity contribution in [3.8, 4) is 11.1 Å². The first kappa shape index (κ1) is 13.8. The molecule has 97 valence electrons. The van der Waals surface area contributed by atoms with Crippen molar-refractivity contribution < 1.29 is 23.4 Å². The first-order chi connectivity index (χ1) is 8.94. The van der Waals surface area contributed by atoms with Crippen LogP contribution in [0, 0.1) is 11.6 Å². The zero-order valence-electron chi connectivity index (χ0n) is 9.60. The van der Waals surface area contributed by atoms with Crippen LogP contribution in [0.5, 0.6) is 0 Å². The fraction of sp³-hybridized carbons (Fsp3) is 0.0769. The summed E-state index contributed by atoms with van der Waals surface area (Å²) in [6.45, 7) is 0. The van der Waals surface area contributed by atoms with E-state index in [9.17, 15) is 19.0 Å². The lowest BCUT2D eigenvalue weighted by Crippen LogP contribution is -2.27. The molecule has 0 aromatic heterocycles. The smallest absolute Gasteiger partial charge is 0.296 e. The van der Waals surface area contributed by atoms with Crippen LogP contribution < -0.4 is 0 Å². The second kappa shape index (κ2) is 5.18. The molecule has 0 saturated heterocycles. The average molecular weight is 279 g/mol. The van der Waals surface area contributed by atoms with Crippen LogP contribution in [-0.4, -0.2) is 20.7 Å². The molecule has 3 nitrogen and oxygen atoms in total. The van der Waals surface area contributed by atoms with Gasteiger partial charge in [0.05, 0.1) is 0 Å². The van der Waals surface area contributed by atoms with Crippen molar-refractivity contribution in [3.63, 3.8) is 0 Å². The lowest BCUT2D eigenvalue weighted by atomic mass is 10.0. The van der Waals surface area contributed by atoms with Gasteiger partial charge < -0.3 is 14.6 Å². The van der Waals surface area contributed by atoms with Crippen LogP contribution in [0.15, 0.2) is 42.5 Å². The highest BCUT2D eigenvalue weighted by Crippen LogP contribution is 2.26. The van der Waals surface area contributed by atoms with E-state index >= 15 is 0 Å². The SMILES string of the molecule is OC(O)(O[Si])c1ccc(-c2ccc(F)cc2F)cc1. The molecule has 0 atom stereocenters. The zero-order chi connectivity index (χ0) is 14.0. The first-order valence-corrected chi connectivity index (χ1v) is 5.70. The summed E-state index contributed by atoms with van der Waals surface area (Å²) in [6.07, 6.45) is 0. The third-order valence-electron chi connectivity index (χ3n) is 2.65. The Morgan fingerprint density at radius 1 is 1.00 bits per heavy atom. The van der Waals surface area contributed by atoms with Crippen LogP contribution in [0.1, 0.15) is 5.56 Å². The van der Waals surface area contributed by atoms with Gasteiger partial charge in [-0.3, -0.25) is 0 Å². The van der Waals surface area contributed by atoms with Crippen LogP contribution in [-0.2, 0) is 10.4 Å². The molecule has 2 N–H and O–H groups in total. The lowest BCUT2D eigenvalue weighted by Gasteiger charge is -2.20. The highest BCUT2D eigenvalue weighted by molar-refractivity contribution is 5.98. The van der Waals surface area contributed by atoms with E-state index < -0.39 is 17.6 Å². The van der Waals surface area contributed by atoms with Crippen LogP contribution in [0.4, 0.5) is 8.78 Å². The molecular formula is C13H9F2O3Si. The molecule has 0 amide bonds. The minimum atomic E-state index is -2.48. The van der Waals surface area contributed by atoms with E-state index in [4.69, 9.17) is 0 Å². The number of hydrogen-bond donors (Lipinski definition) is 2. The summed E-state index contributed by atoms with van der Waals surface area (Å²) in [6, 6.07) is 8.90. The third kappa shape index (κ3) is 2.87. The van der Waals surface area contributed by atoms with E-state index in [0.29, 0.717) is 5.56 Å². The molecule has 6 heteroatoms. The second-order valence-corrected chi connectivity index (χ2v) is 4.12. The minimum absolute atomic E-state index is 0.0637. The number of rotatable bonds is 3. The van der Waals surface area contributed by atoms with E-state index in [0.717, 1.165) is 12.1 Å². The van der Waals surface area contributed by atoms with Crippen molar-refractivity contribution in [2.75, 3.05) is 0 Å². The summed E-state index contributed by atoms with van der Waals surface area (Å²) >= 11 is 0. The number of hydrogen-bond acceptors (Lipinski definition) is 3. The van der Waals surface area contributed by atoms with Crippen LogP contribution >= 0.6 is 0 Å². The van der Waals surface area contributed by atoms with Crippen molar-refractivity contribution >= 4 is 10.5 Å². The van der Waals surface area contributed by atoms with Gasteiger partial charge in [-0.15, -0.1) is 0 Å². The van der Waals surface area contributed by atoms with Gasteiger partial charge >= 0.3 is 0 Å². The molecule has 2 rings (SSSR count). The Bertz CT molecular complexity index is 585. The zero-order valence-corrected chi connectivity index (χ0v) is 10.6. The predicted molar refractivity (Wildman–Crippen MR) is 64.7 cm³/mol. The third-order valence-corrected chi connectivity index (χ3v) is 2.93. The monoisotopic (exact) mass is 279 g/mol. The normalized spacial score (nSPS) is 11.6. The fourth-order valence-corrected chi connectivity index (χ4v) is 1.77. The van der Waals surface area contributed by atoms with Crippen molar-refractivity contribution in [2.24, 2.45) is 0 Å². The molecule has 0 unspecified atom stereocenters. The Balaban J connectivity index is 2.38. The highest BCUT2D eigenvalue weighted by atomic mass is 28.2. The highest BCUT2D eigenvalue weighted by Gasteiger charge is 2.24. The Labute approximate surface area is 111 Å². The Hall–Kier alpha value is -1.60. The maximum Gasteiger partial charge on any atom is 0.296 e. The summed E-state index contributed by atoms with van der Waals surface area (Å²) in [5, 5.41) is 18.8. The van der Waals surface area contributed by atoms with Crippen molar-refractivity contribution in [3.05, 3.63) is 59.7 Å². The average Bonchev–Trinajstić information content (AvgIpc) is 2.39. The number of benzene rings is 2. The molecular weight excluding hydrogens is 270 g/mol. The molecule has 3 radical (unpaired) electrons. The molecule has 0 aliphatic heterocycles. The molecule has 2 aromatic rings. The quantitative estimate of drug-likeness (QED) is 0.665. The molecule has 0 heterocycles. The molecule has 0 bridgehead atoms. The van der Waals surface area contributed by atoms with Gasteiger partial charge in [0.15, 0.2) is 0 Å².